The van der Waals surface area contributed by atoms with Crippen LogP contribution < -0.4 is 9.47 Å². The predicted molar refractivity (Wildman–Crippen MR) is 75.8 cm³/mol. The van der Waals surface area contributed by atoms with Crippen molar-refractivity contribution < 1.29 is 9.47 Å². The molecular formula is C15H19BrO2. The van der Waals surface area contributed by atoms with E-state index in [0.717, 1.165) is 43.5 Å². The third kappa shape index (κ3) is 3.00. The highest BCUT2D eigenvalue weighted by Gasteiger charge is 2.28. The van der Waals surface area contributed by atoms with Crippen molar-refractivity contribution in [2.75, 3.05) is 13.2 Å². The van der Waals surface area contributed by atoms with Crippen LogP contribution in [0.1, 0.15) is 31.2 Å². The monoisotopic (exact) mass is 310 g/mol. The van der Waals surface area contributed by atoms with Crippen LogP contribution in [0.5, 0.6) is 11.5 Å². The average molecular weight is 311 g/mol. The number of benzene rings is 1. The van der Waals surface area contributed by atoms with E-state index >= 15 is 0 Å². The van der Waals surface area contributed by atoms with Crippen molar-refractivity contribution in [2.24, 2.45) is 5.92 Å². The van der Waals surface area contributed by atoms with Crippen LogP contribution >= 0.6 is 15.9 Å². The van der Waals surface area contributed by atoms with Crippen molar-refractivity contribution in [3.05, 3.63) is 23.8 Å². The minimum Gasteiger partial charge on any atom is -0.490 e. The highest BCUT2D eigenvalue weighted by Crippen LogP contribution is 2.39. The van der Waals surface area contributed by atoms with Crippen LogP contribution in [0.25, 0.3) is 0 Å². The van der Waals surface area contributed by atoms with E-state index < -0.39 is 0 Å². The molecule has 0 aromatic heterocycles. The molecule has 3 rings (SSSR count). The van der Waals surface area contributed by atoms with Crippen LogP contribution in [-0.4, -0.2) is 18.0 Å². The molecule has 1 heterocycles. The van der Waals surface area contributed by atoms with Gasteiger partial charge in [0.25, 0.3) is 0 Å². The summed E-state index contributed by atoms with van der Waals surface area (Å²) in [5.41, 5.74) is 1.35. The summed E-state index contributed by atoms with van der Waals surface area (Å²) in [5.74, 6) is 2.74. The van der Waals surface area contributed by atoms with Crippen LogP contribution in [0, 0.1) is 5.92 Å². The van der Waals surface area contributed by atoms with Crippen LogP contribution in [0.4, 0.5) is 0 Å². The number of aryl methyl sites for hydroxylation is 1. The molecule has 1 aliphatic carbocycles. The lowest BCUT2D eigenvalue weighted by atomic mass is 10.1. The highest BCUT2D eigenvalue weighted by atomic mass is 79.9. The molecule has 18 heavy (non-hydrogen) atoms. The Balaban J connectivity index is 1.63. The number of halogens is 1. The molecular weight excluding hydrogens is 292 g/mol. The standard InChI is InChI=1S/C15H19BrO2/c16-13(12-4-5-12)6-2-11-3-7-14-15(10-11)18-9-1-8-17-14/h3,7,10,12-13H,1-2,4-6,8-9H2. The number of ether oxygens (including phenoxy) is 2. The Morgan fingerprint density at radius 2 is 1.94 bits per heavy atom. The summed E-state index contributed by atoms with van der Waals surface area (Å²) < 4.78 is 11.4. The lowest BCUT2D eigenvalue weighted by Gasteiger charge is -2.11. The molecule has 1 atom stereocenters. The first-order chi connectivity index (χ1) is 8.83. The molecule has 3 heteroatoms. The summed E-state index contributed by atoms with van der Waals surface area (Å²) in [6, 6.07) is 6.36. The van der Waals surface area contributed by atoms with Gasteiger partial charge in [-0.3, -0.25) is 0 Å². The van der Waals surface area contributed by atoms with Gasteiger partial charge >= 0.3 is 0 Å². The second kappa shape index (κ2) is 5.52. The lowest BCUT2D eigenvalue weighted by Crippen LogP contribution is -2.02. The minimum atomic E-state index is 0.688. The van der Waals surface area contributed by atoms with Gasteiger partial charge in [0.15, 0.2) is 11.5 Å². The topological polar surface area (TPSA) is 18.5 Å². The molecule has 0 radical (unpaired) electrons. The third-order valence-corrected chi connectivity index (χ3v) is 4.86. The molecule has 98 valence electrons. The Hall–Kier alpha value is -0.700. The van der Waals surface area contributed by atoms with Gasteiger partial charge in [0.05, 0.1) is 13.2 Å². The molecule has 0 amide bonds. The summed E-state index contributed by atoms with van der Waals surface area (Å²) in [7, 11) is 0. The average Bonchev–Trinajstić information content (AvgIpc) is 3.21. The van der Waals surface area contributed by atoms with Gasteiger partial charge in [-0.05, 0) is 49.3 Å². The second-order valence-electron chi connectivity index (χ2n) is 5.22. The minimum absolute atomic E-state index is 0.688. The fourth-order valence-electron chi connectivity index (χ4n) is 2.36. The van der Waals surface area contributed by atoms with Gasteiger partial charge < -0.3 is 9.47 Å². The smallest absolute Gasteiger partial charge is 0.161 e. The van der Waals surface area contributed by atoms with E-state index in [0.29, 0.717) is 4.83 Å². The molecule has 0 N–H and O–H groups in total. The first-order valence-corrected chi connectivity index (χ1v) is 7.77. The maximum absolute atomic E-state index is 5.72. The van der Waals surface area contributed by atoms with Crippen molar-refractivity contribution in [1.29, 1.82) is 0 Å². The normalized spacial score (nSPS) is 20.3. The summed E-state index contributed by atoms with van der Waals surface area (Å²) in [4.78, 5) is 0.688. The molecule has 2 aliphatic rings. The molecule has 1 aromatic rings. The first-order valence-electron chi connectivity index (χ1n) is 6.85. The van der Waals surface area contributed by atoms with E-state index in [1.807, 2.05) is 0 Å². The summed E-state index contributed by atoms with van der Waals surface area (Å²) >= 11 is 3.79. The molecule has 1 aromatic carbocycles. The molecule has 0 saturated heterocycles. The largest absolute Gasteiger partial charge is 0.490 e. The predicted octanol–water partition coefficient (Wildman–Crippen LogP) is 3.95. The Labute approximate surface area is 117 Å². The van der Waals surface area contributed by atoms with Crippen molar-refractivity contribution in [3.8, 4) is 11.5 Å². The van der Waals surface area contributed by atoms with Crippen molar-refractivity contribution in [2.45, 2.75) is 36.9 Å². The summed E-state index contributed by atoms with van der Waals surface area (Å²) in [6.07, 6.45) is 6.09. The van der Waals surface area contributed by atoms with Gasteiger partial charge in [-0.15, -0.1) is 0 Å². The van der Waals surface area contributed by atoms with Gasteiger partial charge in [-0.1, -0.05) is 22.0 Å². The number of hydrogen-bond donors (Lipinski definition) is 0. The molecule has 0 spiro atoms. The van der Waals surface area contributed by atoms with E-state index in [1.165, 1.54) is 24.8 Å². The SMILES string of the molecule is BrC(CCc1ccc2c(c1)OCCCO2)C1CC1. The van der Waals surface area contributed by atoms with Gasteiger partial charge in [0.2, 0.25) is 0 Å². The Bertz CT molecular complexity index is 415. The zero-order valence-corrected chi connectivity index (χ0v) is 12.1. The number of rotatable bonds is 4. The summed E-state index contributed by atoms with van der Waals surface area (Å²) in [6.45, 7) is 1.52. The number of alkyl halides is 1. The molecule has 0 bridgehead atoms. The number of hydrogen-bond acceptors (Lipinski definition) is 2. The van der Waals surface area contributed by atoms with E-state index in [9.17, 15) is 0 Å². The fourth-order valence-corrected chi connectivity index (χ4v) is 3.12. The zero-order chi connectivity index (χ0) is 12.4. The lowest BCUT2D eigenvalue weighted by molar-refractivity contribution is 0.297. The zero-order valence-electron chi connectivity index (χ0n) is 10.5. The van der Waals surface area contributed by atoms with E-state index in [4.69, 9.17) is 9.47 Å². The Morgan fingerprint density at radius 1 is 1.17 bits per heavy atom. The molecule has 2 nitrogen and oxygen atoms in total. The highest BCUT2D eigenvalue weighted by molar-refractivity contribution is 9.09. The Kier molecular flexibility index (Phi) is 3.78. The molecule has 1 fully saturated rings. The summed E-state index contributed by atoms with van der Waals surface area (Å²) in [5, 5.41) is 0. The van der Waals surface area contributed by atoms with Crippen molar-refractivity contribution >= 4 is 15.9 Å². The molecule has 1 unspecified atom stereocenters. The Morgan fingerprint density at radius 3 is 2.72 bits per heavy atom. The van der Waals surface area contributed by atoms with Crippen molar-refractivity contribution in [3.63, 3.8) is 0 Å². The van der Waals surface area contributed by atoms with Crippen molar-refractivity contribution in [1.82, 2.24) is 0 Å². The maximum atomic E-state index is 5.72. The van der Waals surface area contributed by atoms with E-state index in [1.54, 1.807) is 0 Å². The van der Waals surface area contributed by atoms with Crippen LogP contribution in [0.3, 0.4) is 0 Å². The van der Waals surface area contributed by atoms with Crippen LogP contribution in [-0.2, 0) is 6.42 Å². The van der Waals surface area contributed by atoms with Gasteiger partial charge in [-0.25, -0.2) is 0 Å². The van der Waals surface area contributed by atoms with Crippen LogP contribution in [0.15, 0.2) is 18.2 Å². The first kappa shape index (κ1) is 12.3. The van der Waals surface area contributed by atoms with Gasteiger partial charge in [0, 0.05) is 11.2 Å². The van der Waals surface area contributed by atoms with Crippen LogP contribution in [0.2, 0.25) is 0 Å². The molecule has 1 aliphatic heterocycles. The second-order valence-corrected chi connectivity index (χ2v) is 6.40. The number of fused-ring (bicyclic) bond motifs is 1. The van der Waals surface area contributed by atoms with Gasteiger partial charge in [-0.2, -0.15) is 0 Å². The van der Waals surface area contributed by atoms with Gasteiger partial charge in [0.1, 0.15) is 0 Å². The van der Waals surface area contributed by atoms with E-state index in [-0.39, 0.29) is 0 Å². The maximum Gasteiger partial charge on any atom is 0.161 e. The van der Waals surface area contributed by atoms with E-state index in [2.05, 4.69) is 34.1 Å². The fraction of sp³-hybridized carbons (Fsp3) is 0.600. The quantitative estimate of drug-likeness (QED) is 0.784. The third-order valence-electron chi connectivity index (χ3n) is 3.65. The molecule has 1 saturated carbocycles.